The van der Waals surface area contributed by atoms with Crippen molar-refractivity contribution < 1.29 is 9.18 Å². The molecule has 0 radical (unpaired) electrons. The lowest BCUT2D eigenvalue weighted by Crippen LogP contribution is -2.05. The standard InChI is InChI=1S/C14H9Cl2FOS/c15-9-2-1-3-11(6-9)19-8-14(18)12-5-4-10(16)7-13(12)17/h1-7H,8H2. The van der Waals surface area contributed by atoms with Gasteiger partial charge in [-0.15, -0.1) is 11.8 Å². The second kappa shape index (κ2) is 6.42. The third kappa shape index (κ3) is 3.96. The summed E-state index contributed by atoms with van der Waals surface area (Å²) in [5, 5.41) is 0.881. The average molecular weight is 315 g/mol. The summed E-state index contributed by atoms with van der Waals surface area (Å²) in [4.78, 5) is 12.8. The second-order valence-electron chi connectivity index (χ2n) is 3.79. The van der Waals surface area contributed by atoms with Crippen LogP contribution in [0.4, 0.5) is 4.39 Å². The quantitative estimate of drug-likeness (QED) is 0.576. The van der Waals surface area contributed by atoms with Gasteiger partial charge in [0.25, 0.3) is 0 Å². The third-order valence-corrected chi connectivity index (χ3v) is 3.86. The number of benzene rings is 2. The third-order valence-electron chi connectivity index (χ3n) is 2.40. The molecule has 0 aliphatic carbocycles. The fourth-order valence-electron chi connectivity index (χ4n) is 1.50. The number of ketones is 1. The zero-order valence-electron chi connectivity index (χ0n) is 9.70. The van der Waals surface area contributed by atoms with E-state index in [0.717, 1.165) is 11.0 Å². The van der Waals surface area contributed by atoms with Crippen molar-refractivity contribution in [3.63, 3.8) is 0 Å². The summed E-state index contributed by atoms with van der Waals surface area (Å²) in [6.07, 6.45) is 0. The molecule has 0 aliphatic heterocycles. The Balaban J connectivity index is 2.05. The molecule has 1 nitrogen and oxygen atoms in total. The maximum absolute atomic E-state index is 13.6. The summed E-state index contributed by atoms with van der Waals surface area (Å²) < 4.78 is 13.6. The Labute approximate surface area is 124 Å². The van der Waals surface area contributed by atoms with Crippen molar-refractivity contribution in [2.45, 2.75) is 4.90 Å². The molecule has 0 fully saturated rings. The molecule has 5 heteroatoms. The highest BCUT2D eigenvalue weighted by molar-refractivity contribution is 8.00. The van der Waals surface area contributed by atoms with Gasteiger partial charge in [-0.25, -0.2) is 4.39 Å². The molecule has 0 N–H and O–H groups in total. The zero-order chi connectivity index (χ0) is 13.8. The Morgan fingerprint density at radius 1 is 1.11 bits per heavy atom. The van der Waals surface area contributed by atoms with Crippen molar-refractivity contribution in [2.24, 2.45) is 0 Å². The summed E-state index contributed by atoms with van der Waals surface area (Å²) in [7, 11) is 0. The van der Waals surface area contributed by atoms with Gasteiger partial charge in [0.15, 0.2) is 5.78 Å². The van der Waals surface area contributed by atoms with Gasteiger partial charge in [-0.1, -0.05) is 29.3 Å². The smallest absolute Gasteiger partial charge is 0.176 e. The normalized spacial score (nSPS) is 10.5. The topological polar surface area (TPSA) is 17.1 Å². The van der Waals surface area contributed by atoms with E-state index in [2.05, 4.69) is 0 Å². The average Bonchev–Trinajstić information content (AvgIpc) is 2.36. The fraction of sp³-hybridized carbons (Fsp3) is 0.0714. The molecule has 0 spiro atoms. The number of thioether (sulfide) groups is 1. The van der Waals surface area contributed by atoms with Gasteiger partial charge in [0.1, 0.15) is 5.82 Å². The first-order valence-corrected chi connectivity index (χ1v) is 7.17. The lowest BCUT2D eigenvalue weighted by molar-refractivity contribution is 0.101. The van der Waals surface area contributed by atoms with E-state index < -0.39 is 5.82 Å². The molecule has 19 heavy (non-hydrogen) atoms. The first-order valence-electron chi connectivity index (χ1n) is 5.43. The van der Waals surface area contributed by atoms with Crippen LogP contribution in [0.25, 0.3) is 0 Å². The van der Waals surface area contributed by atoms with Crippen molar-refractivity contribution in [3.05, 3.63) is 63.9 Å². The Hall–Kier alpha value is -1.03. The van der Waals surface area contributed by atoms with Gasteiger partial charge >= 0.3 is 0 Å². The number of carbonyl (C=O) groups is 1. The number of halogens is 3. The predicted molar refractivity (Wildman–Crippen MR) is 77.9 cm³/mol. The van der Waals surface area contributed by atoms with E-state index in [1.807, 2.05) is 6.07 Å². The maximum atomic E-state index is 13.6. The van der Waals surface area contributed by atoms with E-state index in [0.29, 0.717) is 5.02 Å². The van der Waals surface area contributed by atoms with Crippen molar-refractivity contribution in [2.75, 3.05) is 5.75 Å². The Kier molecular flexibility index (Phi) is 4.86. The predicted octanol–water partition coefficient (Wildman–Crippen LogP) is 5.11. The first-order chi connectivity index (χ1) is 9.06. The molecule has 0 bridgehead atoms. The number of hydrogen-bond acceptors (Lipinski definition) is 2. The van der Waals surface area contributed by atoms with Crippen molar-refractivity contribution in [1.82, 2.24) is 0 Å². The minimum Gasteiger partial charge on any atom is -0.293 e. The Morgan fingerprint density at radius 3 is 2.53 bits per heavy atom. The van der Waals surface area contributed by atoms with Crippen LogP contribution in [0.5, 0.6) is 0 Å². The van der Waals surface area contributed by atoms with Crippen LogP contribution in [0, 0.1) is 5.82 Å². The molecule has 0 saturated carbocycles. The highest BCUT2D eigenvalue weighted by Gasteiger charge is 2.12. The van der Waals surface area contributed by atoms with Gasteiger partial charge in [-0.3, -0.25) is 4.79 Å². The van der Waals surface area contributed by atoms with Crippen molar-refractivity contribution in [1.29, 1.82) is 0 Å². The van der Waals surface area contributed by atoms with Crippen molar-refractivity contribution in [3.8, 4) is 0 Å². The van der Waals surface area contributed by atoms with Crippen LogP contribution < -0.4 is 0 Å². The van der Waals surface area contributed by atoms with Crippen LogP contribution in [-0.2, 0) is 0 Å². The molecule has 98 valence electrons. The van der Waals surface area contributed by atoms with Gasteiger partial charge in [0, 0.05) is 14.9 Å². The first kappa shape index (κ1) is 14.4. The molecule has 0 aromatic heterocycles. The van der Waals surface area contributed by atoms with E-state index in [-0.39, 0.29) is 22.1 Å². The van der Waals surface area contributed by atoms with E-state index >= 15 is 0 Å². The summed E-state index contributed by atoms with van der Waals surface area (Å²) in [5.41, 5.74) is 0.0546. The highest BCUT2D eigenvalue weighted by Crippen LogP contribution is 2.23. The van der Waals surface area contributed by atoms with Gasteiger partial charge in [0.2, 0.25) is 0 Å². The Morgan fingerprint density at radius 2 is 1.84 bits per heavy atom. The van der Waals surface area contributed by atoms with E-state index in [4.69, 9.17) is 23.2 Å². The molecule has 0 unspecified atom stereocenters. The van der Waals surface area contributed by atoms with Gasteiger partial charge in [0.05, 0.1) is 11.3 Å². The van der Waals surface area contributed by atoms with Crippen LogP contribution in [0.3, 0.4) is 0 Å². The van der Waals surface area contributed by atoms with E-state index in [9.17, 15) is 9.18 Å². The molecule has 0 amide bonds. The molecule has 0 saturated heterocycles. The zero-order valence-corrected chi connectivity index (χ0v) is 12.0. The summed E-state index contributed by atoms with van der Waals surface area (Å²) in [5.74, 6) is -0.720. The lowest BCUT2D eigenvalue weighted by Gasteiger charge is -2.04. The fourth-order valence-corrected chi connectivity index (χ4v) is 2.75. The maximum Gasteiger partial charge on any atom is 0.176 e. The summed E-state index contributed by atoms with van der Waals surface area (Å²) >= 11 is 12.8. The minimum absolute atomic E-state index is 0.0546. The number of rotatable bonds is 4. The van der Waals surface area contributed by atoms with Gasteiger partial charge < -0.3 is 0 Å². The van der Waals surface area contributed by atoms with Crippen LogP contribution in [-0.4, -0.2) is 11.5 Å². The molecule has 0 heterocycles. The van der Waals surface area contributed by atoms with Gasteiger partial charge in [-0.05, 0) is 36.4 Å². The minimum atomic E-state index is -0.593. The highest BCUT2D eigenvalue weighted by atomic mass is 35.5. The largest absolute Gasteiger partial charge is 0.293 e. The molecule has 2 aromatic carbocycles. The summed E-state index contributed by atoms with van der Waals surface area (Å²) in [6.45, 7) is 0. The molecule has 0 aliphatic rings. The van der Waals surface area contributed by atoms with Crippen LogP contribution >= 0.6 is 35.0 Å². The second-order valence-corrected chi connectivity index (χ2v) is 5.72. The molecule has 2 aromatic rings. The van der Waals surface area contributed by atoms with Crippen molar-refractivity contribution >= 4 is 40.7 Å². The SMILES string of the molecule is O=C(CSc1cccc(Cl)c1)c1ccc(Cl)cc1F. The van der Waals surface area contributed by atoms with Gasteiger partial charge in [-0.2, -0.15) is 0 Å². The lowest BCUT2D eigenvalue weighted by atomic mass is 10.1. The monoisotopic (exact) mass is 314 g/mol. The number of Topliss-reactive ketones (excluding diaryl/α,β-unsaturated/α-hetero) is 1. The molecule has 2 rings (SSSR count). The summed E-state index contributed by atoms with van der Waals surface area (Å²) in [6, 6.07) is 11.2. The van der Waals surface area contributed by atoms with Crippen LogP contribution in [0.1, 0.15) is 10.4 Å². The Bertz CT molecular complexity index is 616. The van der Waals surface area contributed by atoms with Crippen LogP contribution in [0.15, 0.2) is 47.4 Å². The molecular weight excluding hydrogens is 306 g/mol. The van der Waals surface area contributed by atoms with E-state index in [1.165, 1.54) is 23.9 Å². The van der Waals surface area contributed by atoms with Crippen LogP contribution in [0.2, 0.25) is 10.0 Å². The number of carbonyl (C=O) groups excluding carboxylic acids is 1. The number of hydrogen-bond donors (Lipinski definition) is 0. The molecule has 0 atom stereocenters. The van der Waals surface area contributed by atoms with E-state index in [1.54, 1.807) is 18.2 Å². The molecular formula is C14H9Cl2FOS.